The summed E-state index contributed by atoms with van der Waals surface area (Å²) in [5.41, 5.74) is 5.75. The van der Waals surface area contributed by atoms with E-state index in [9.17, 15) is 0 Å². The number of unbranched alkanes of at least 4 members (excludes halogenated alkanes) is 6. The fourth-order valence-corrected chi connectivity index (χ4v) is 26.5. The Morgan fingerprint density at radius 1 is 0.378 bits per heavy atom. The van der Waals surface area contributed by atoms with E-state index in [1.165, 1.54) is 131 Å². The monoisotopic (exact) mass is 1220 g/mol. The smallest absolute Gasteiger partial charge is 0.261 e. The maximum atomic E-state index is 7.49. The minimum Gasteiger partial charge on any atom is -0.407 e. The highest BCUT2D eigenvalue weighted by atomic mass is 79.9. The van der Waals surface area contributed by atoms with Crippen LogP contribution in [0.2, 0.25) is 10.1 Å². The lowest BCUT2D eigenvalue weighted by atomic mass is 10.0. The molecule has 0 aliphatic heterocycles. The fraction of sp³-hybridized carbons (Fsp3) is 0.375. The molecule has 74 heavy (non-hydrogen) atoms. The lowest BCUT2D eigenvalue weighted by Crippen LogP contribution is -2.66. The van der Waals surface area contributed by atoms with Crippen LogP contribution in [0.4, 0.5) is 0 Å². The highest BCUT2D eigenvalue weighted by Crippen LogP contribution is 2.51. The summed E-state index contributed by atoms with van der Waals surface area (Å²) in [6, 6.07) is 54.2. The number of benzene rings is 4. The number of rotatable bonds is 25. The van der Waals surface area contributed by atoms with Gasteiger partial charge in [-0.1, -0.05) is 215 Å². The predicted octanol–water partition coefficient (Wildman–Crippen LogP) is 18.9. The Labute approximate surface area is 479 Å². The average Bonchev–Trinajstić information content (AvgIpc) is 4.19. The van der Waals surface area contributed by atoms with E-state index in [1.807, 2.05) is 45.3 Å². The molecule has 4 aromatic carbocycles. The van der Waals surface area contributed by atoms with Gasteiger partial charge in [-0.25, -0.2) is 0 Å². The molecular weight excluding hydrogens is 1140 g/mol. The summed E-state index contributed by atoms with van der Waals surface area (Å²) in [6.07, 6.45) is 13.9. The SMILES string of the molecule is CCCCCCc1cc(-c2sc(Br)cc2CCO[Si](c2ccccc2)(c2ccccc2)C(C)(C)C)sc1-c1sc(-c2sc(Br)cc2CCO[Si](c2ccccc2)(c2ccccc2)C(C)(C)C)cc1CCCCCC. The molecule has 0 fully saturated rings. The molecule has 8 rings (SSSR count). The fourth-order valence-electron chi connectivity index (χ4n) is 11.1. The normalized spacial score (nSPS) is 12.5. The molecule has 0 N–H and O–H groups in total. The van der Waals surface area contributed by atoms with E-state index in [4.69, 9.17) is 8.85 Å². The molecule has 0 saturated heterocycles. The Bertz CT molecular complexity index is 2700. The summed E-state index contributed by atoms with van der Waals surface area (Å²) < 4.78 is 17.3. The maximum absolute atomic E-state index is 7.49. The molecule has 0 unspecified atom stereocenters. The van der Waals surface area contributed by atoms with E-state index >= 15 is 0 Å². The number of halogens is 2. The summed E-state index contributed by atoms with van der Waals surface area (Å²) in [5.74, 6) is 0. The van der Waals surface area contributed by atoms with Crippen molar-refractivity contribution in [1.29, 1.82) is 0 Å². The molecule has 0 spiro atoms. The zero-order chi connectivity index (χ0) is 52.4. The van der Waals surface area contributed by atoms with E-state index in [-0.39, 0.29) is 10.1 Å². The standard InChI is InChI=1S/C64H76Br2O2S4Si2/c1-9-11-13-19-29-47-43-55(59-49(45-57(65)71-59)39-41-67-73(63(3,4)5,51-31-21-15-22-32-51)52-33-23-16-24-34-52)69-61(47)62-48(30-20-14-12-10-2)44-56(70-62)60-50(46-58(66)72-60)40-42-68-74(64(6,7)8,53-35-25-17-26-36-53)54-37-27-18-28-38-54/h15-18,21-28,31-38,43-46H,9-14,19-20,29-30,39-42H2,1-8H3. The van der Waals surface area contributed by atoms with Crippen molar-refractivity contribution in [2.24, 2.45) is 0 Å². The van der Waals surface area contributed by atoms with Crippen LogP contribution < -0.4 is 20.7 Å². The van der Waals surface area contributed by atoms with Crippen LogP contribution >= 0.6 is 77.2 Å². The topological polar surface area (TPSA) is 18.5 Å². The van der Waals surface area contributed by atoms with Gasteiger partial charge in [-0.15, -0.1) is 45.3 Å². The van der Waals surface area contributed by atoms with E-state index in [0.717, 1.165) is 25.7 Å². The van der Waals surface area contributed by atoms with Crippen LogP contribution in [0.1, 0.15) is 129 Å². The molecule has 0 radical (unpaired) electrons. The second kappa shape index (κ2) is 26.1. The van der Waals surface area contributed by atoms with Crippen LogP contribution in [0.15, 0.2) is 153 Å². The van der Waals surface area contributed by atoms with Gasteiger partial charge in [0.15, 0.2) is 0 Å². The highest BCUT2D eigenvalue weighted by Gasteiger charge is 2.51. The first-order valence-electron chi connectivity index (χ1n) is 27.0. The Morgan fingerprint density at radius 2 is 0.689 bits per heavy atom. The first kappa shape index (κ1) is 57.2. The molecule has 8 aromatic rings. The van der Waals surface area contributed by atoms with Crippen molar-refractivity contribution in [3.63, 3.8) is 0 Å². The van der Waals surface area contributed by atoms with Crippen LogP contribution in [0.3, 0.4) is 0 Å². The first-order chi connectivity index (χ1) is 35.7. The van der Waals surface area contributed by atoms with Gasteiger partial charge in [0, 0.05) is 42.5 Å². The third-order valence-electron chi connectivity index (χ3n) is 14.6. The lowest BCUT2D eigenvalue weighted by Gasteiger charge is -2.43. The van der Waals surface area contributed by atoms with Gasteiger partial charge in [0.25, 0.3) is 16.6 Å². The zero-order valence-electron chi connectivity index (χ0n) is 45.0. The molecule has 0 amide bonds. The van der Waals surface area contributed by atoms with E-state index in [1.54, 1.807) is 0 Å². The lowest BCUT2D eigenvalue weighted by molar-refractivity contribution is 0.302. The zero-order valence-corrected chi connectivity index (χ0v) is 53.4. The second-order valence-electron chi connectivity index (χ2n) is 21.9. The van der Waals surface area contributed by atoms with Crippen molar-refractivity contribution < 1.29 is 8.85 Å². The quantitative estimate of drug-likeness (QED) is 0.0419. The Balaban J connectivity index is 1.14. The van der Waals surface area contributed by atoms with Gasteiger partial charge in [0.1, 0.15) is 0 Å². The molecule has 0 saturated carbocycles. The largest absolute Gasteiger partial charge is 0.407 e. The Morgan fingerprint density at radius 3 is 0.986 bits per heavy atom. The first-order valence-corrected chi connectivity index (χ1v) is 35.7. The molecular formula is C64H76Br2O2S4Si2. The summed E-state index contributed by atoms with van der Waals surface area (Å²) >= 11 is 15.8. The number of thiophene rings is 4. The van der Waals surface area contributed by atoms with E-state index < -0.39 is 16.6 Å². The molecule has 4 heterocycles. The third-order valence-corrected chi connectivity index (χ3v) is 31.0. The van der Waals surface area contributed by atoms with Crippen LogP contribution in [0.5, 0.6) is 0 Å². The summed E-state index contributed by atoms with van der Waals surface area (Å²) in [5, 5.41) is 5.16. The van der Waals surface area contributed by atoms with Gasteiger partial charge in [0.05, 0.1) is 7.57 Å². The van der Waals surface area contributed by atoms with Crippen LogP contribution in [-0.4, -0.2) is 29.8 Å². The van der Waals surface area contributed by atoms with Crippen molar-refractivity contribution in [2.75, 3.05) is 13.2 Å². The van der Waals surface area contributed by atoms with Crippen LogP contribution in [0.25, 0.3) is 29.3 Å². The van der Waals surface area contributed by atoms with Crippen molar-refractivity contribution in [3.8, 4) is 29.3 Å². The molecule has 390 valence electrons. The van der Waals surface area contributed by atoms with Gasteiger partial charge in [0.2, 0.25) is 0 Å². The third kappa shape index (κ3) is 12.9. The molecule has 0 atom stereocenters. The molecule has 10 heteroatoms. The highest BCUT2D eigenvalue weighted by molar-refractivity contribution is 9.11. The summed E-state index contributed by atoms with van der Waals surface area (Å²) in [7, 11) is -5.36. The number of hydrogen-bond acceptors (Lipinski definition) is 6. The molecule has 2 nitrogen and oxygen atoms in total. The van der Waals surface area contributed by atoms with Crippen molar-refractivity contribution in [2.45, 2.75) is 143 Å². The van der Waals surface area contributed by atoms with E-state index in [0.29, 0.717) is 13.2 Å². The Hall–Kier alpha value is -3.01. The van der Waals surface area contributed by atoms with E-state index in [2.05, 4.69) is 233 Å². The minimum atomic E-state index is -2.68. The van der Waals surface area contributed by atoms with Gasteiger partial charge in [-0.2, -0.15) is 0 Å². The Kier molecular flexibility index (Phi) is 20.2. The van der Waals surface area contributed by atoms with Gasteiger partial charge in [-0.3, -0.25) is 0 Å². The predicted molar refractivity (Wildman–Crippen MR) is 340 cm³/mol. The van der Waals surface area contributed by atoms with Gasteiger partial charge in [-0.05, 0) is 148 Å². The molecule has 4 aromatic heterocycles. The van der Waals surface area contributed by atoms with Crippen LogP contribution in [-0.2, 0) is 34.5 Å². The maximum Gasteiger partial charge on any atom is 0.261 e. The van der Waals surface area contributed by atoms with Crippen molar-refractivity contribution >= 4 is 115 Å². The molecule has 0 aliphatic carbocycles. The minimum absolute atomic E-state index is 0.0743. The summed E-state index contributed by atoms with van der Waals surface area (Å²) in [6.45, 7) is 20.2. The average molecular weight is 1220 g/mol. The van der Waals surface area contributed by atoms with Crippen molar-refractivity contribution in [1.82, 2.24) is 0 Å². The van der Waals surface area contributed by atoms with Crippen LogP contribution in [0, 0.1) is 0 Å². The van der Waals surface area contributed by atoms with Gasteiger partial charge < -0.3 is 8.85 Å². The van der Waals surface area contributed by atoms with Crippen molar-refractivity contribution in [3.05, 3.63) is 175 Å². The molecule has 0 bridgehead atoms. The van der Waals surface area contributed by atoms with Gasteiger partial charge >= 0.3 is 0 Å². The summed E-state index contributed by atoms with van der Waals surface area (Å²) in [4.78, 5) is 8.47. The number of hydrogen-bond donors (Lipinski definition) is 0. The molecule has 0 aliphatic rings. The number of aryl methyl sites for hydroxylation is 2. The second-order valence-corrected chi connectivity index (χ2v) is 37.5.